The third-order valence-electron chi connectivity index (χ3n) is 3.86. The summed E-state index contributed by atoms with van der Waals surface area (Å²) in [6.45, 7) is 0.566. The zero-order valence-electron chi connectivity index (χ0n) is 14.5. The van der Waals surface area contributed by atoms with Crippen LogP contribution in [-0.4, -0.2) is 18.2 Å². The lowest BCUT2D eigenvalue weighted by atomic mass is 10.0. The number of rotatable bonds is 5. The molecular formula is C20H17FN2O2S2. The van der Waals surface area contributed by atoms with Crippen LogP contribution in [0.3, 0.4) is 0 Å². The molecule has 0 saturated heterocycles. The van der Waals surface area contributed by atoms with Crippen LogP contribution in [0.4, 0.5) is 9.39 Å². The molecule has 0 radical (unpaired) electrons. The molecule has 27 heavy (non-hydrogen) atoms. The highest BCUT2D eigenvalue weighted by Gasteiger charge is 2.21. The van der Waals surface area contributed by atoms with E-state index >= 15 is 0 Å². The lowest BCUT2D eigenvalue weighted by molar-refractivity contribution is 0.0603. The number of anilines is 1. The molecule has 138 valence electrons. The molecule has 4 nitrogen and oxygen atoms in total. The number of thiophene rings is 1. The van der Waals surface area contributed by atoms with E-state index in [2.05, 4.69) is 10.6 Å². The number of methoxy groups -OCH3 is 1. The van der Waals surface area contributed by atoms with E-state index in [0.717, 1.165) is 11.1 Å². The van der Waals surface area contributed by atoms with Gasteiger partial charge in [0, 0.05) is 17.5 Å². The van der Waals surface area contributed by atoms with Crippen molar-refractivity contribution in [2.75, 3.05) is 12.4 Å². The first-order valence-electron chi connectivity index (χ1n) is 8.13. The van der Waals surface area contributed by atoms with E-state index in [1.165, 1.54) is 30.6 Å². The fourth-order valence-corrected chi connectivity index (χ4v) is 3.72. The SMILES string of the molecule is COC(=O)c1c(-c2ccc(F)cc2)csc1NC(=S)NCc1ccccc1. The monoisotopic (exact) mass is 400 g/mol. The van der Waals surface area contributed by atoms with Crippen molar-refractivity contribution in [2.24, 2.45) is 0 Å². The minimum absolute atomic E-state index is 0.335. The van der Waals surface area contributed by atoms with Crippen LogP contribution >= 0.6 is 23.6 Å². The molecule has 3 rings (SSSR count). The van der Waals surface area contributed by atoms with E-state index in [-0.39, 0.29) is 5.82 Å². The maximum atomic E-state index is 13.2. The maximum absolute atomic E-state index is 13.2. The third-order valence-corrected chi connectivity index (χ3v) is 5.00. The van der Waals surface area contributed by atoms with Crippen LogP contribution in [0.25, 0.3) is 11.1 Å². The van der Waals surface area contributed by atoms with Gasteiger partial charge in [-0.15, -0.1) is 11.3 Å². The normalized spacial score (nSPS) is 10.3. The zero-order valence-corrected chi connectivity index (χ0v) is 16.1. The van der Waals surface area contributed by atoms with Gasteiger partial charge >= 0.3 is 5.97 Å². The van der Waals surface area contributed by atoms with Gasteiger partial charge in [0.25, 0.3) is 0 Å². The molecule has 0 saturated carbocycles. The van der Waals surface area contributed by atoms with Crippen molar-refractivity contribution in [1.82, 2.24) is 5.32 Å². The Hall–Kier alpha value is -2.77. The highest BCUT2D eigenvalue weighted by atomic mass is 32.1. The second kappa shape index (κ2) is 8.75. The Morgan fingerprint density at radius 1 is 1.15 bits per heavy atom. The molecule has 0 aliphatic rings. The van der Waals surface area contributed by atoms with Gasteiger partial charge in [0.1, 0.15) is 16.4 Å². The van der Waals surface area contributed by atoms with E-state index in [4.69, 9.17) is 17.0 Å². The second-order valence-corrected chi connectivity index (χ2v) is 6.93. The van der Waals surface area contributed by atoms with Crippen LogP contribution < -0.4 is 10.6 Å². The summed E-state index contributed by atoms with van der Waals surface area (Å²) in [6.07, 6.45) is 0. The summed E-state index contributed by atoms with van der Waals surface area (Å²) >= 11 is 6.68. The number of nitrogens with one attached hydrogen (secondary N) is 2. The van der Waals surface area contributed by atoms with Crippen molar-refractivity contribution >= 4 is 39.6 Å². The lowest BCUT2D eigenvalue weighted by Gasteiger charge is -2.11. The Labute approximate surface area is 166 Å². The number of esters is 1. The minimum Gasteiger partial charge on any atom is -0.465 e. The van der Waals surface area contributed by atoms with Crippen LogP contribution in [0, 0.1) is 5.82 Å². The fourth-order valence-electron chi connectivity index (χ4n) is 2.52. The molecule has 2 N–H and O–H groups in total. The summed E-state index contributed by atoms with van der Waals surface area (Å²) in [5, 5.41) is 8.97. The number of hydrogen-bond acceptors (Lipinski definition) is 4. The van der Waals surface area contributed by atoms with Gasteiger partial charge in [-0.1, -0.05) is 42.5 Å². The van der Waals surface area contributed by atoms with Crippen molar-refractivity contribution in [3.05, 3.63) is 76.9 Å². The van der Waals surface area contributed by atoms with Gasteiger partial charge < -0.3 is 15.4 Å². The van der Waals surface area contributed by atoms with Gasteiger partial charge in [0.15, 0.2) is 5.11 Å². The summed E-state index contributed by atoms with van der Waals surface area (Å²) < 4.78 is 18.1. The van der Waals surface area contributed by atoms with Crippen LogP contribution in [0.1, 0.15) is 15.9 Å². The van der Waals surface area contributed by atoms with Crippen molar-refractivity contribution in [3.8, 4) is 11.1 Å². The van der Waals surface area contributed by atoms with Gasteiger partial charge in [-0.3, -0.25) is 0 Å². The first kappa shape index (κ1) is 19.0. The summed E-state index contributed by atoms with van der Waals surface area (Å²) in [5.41, 5.74) is 2.86. The van der Waals surface area contributed by atoms with E-state index in [0.29, 0.717) is 27.8 Å². The lowest BCUT2D eigenvalue weighted by Crippen LogP contribution is -2.28. The summed E-state index contributed by atoms with van der Waals surface area (Å²) in [4.78, 5) is 12.3. The summed E-state index contributed by atoms with van der Waals surface area (Å²) in [6, 6.07) is 15.8. The number of thiocarbonyl (C=S) groups is 1. The molecule has 0 aliphatic heterocycles. The first-order valence-corrected chi connectivity index (χ1v) is 9.42. The predicted molar refractivity (Wildman–Crippen MR) is 111 cm³/mol. The standard InChI is InChI=1S/C20H17FN2O2S2/c1-25-19(24)17-16(14-7-9-15(21)10-8-14)12-27-18(17)23-20(26)22-11-13-5-3-2-4-6-13/h2-10,12H,11H2,1H3,(H2,22,23,26). The van der Waals surface area contributed by atoms with Crippen molar-refractivity contribution in [3.63, 3.8) is 0 Å². The molecular weight excluding hydrogens is 383 g/mol. The topological polar surface area (TPSA) is 50.4 Å². The third kappa shape index (κ3) is 4.69. The Kier molecular flexibility index (Phi) is 6.16. The molecule has 0 atom stereocenters. The van der Waals surface area contributed by atoms with Gasteiger partial charge in [0.05, 0.1) is 7.11 Å². The molecule has 7 heteroatoms. The van der Waals surface area contributed by atoms with Crippen LogP contribution in [-0.2, 0) is 11.3 Å². The molecule has 1 aromatic heterocycles. The minimum atomic E-state index is -0.482. The van der Waals surface area contributed by atoms with Crippen molar-refractivity contribution in [2.45, 2.75) is 6.54 Å². The van der Waals surface area contributed by atoms with Crippen LogP contribution in [0.2, 0.25) is 0 Å². The number of carbonyl (C=O) groups excluding carboxylic acids is 1. The van der Waals surface area contributed by atoms with E-state index in [9.17, 15) is 9.18 Å². The number of halogens is 1. The fraction of sp³-hybridized carbons (Fsp3) is 0.100. The number of hydrogen-bond donors (Lipinski definition) is 2. The predicted octanol–water partition coefficient (Wildman–Crippen LogP) is 4.83. The highest BCUT2D eigenvalue weighted by molar-refractivity contribution is 7.80. The number of ether oxygens (including phenoxy) is 1. The van der Waals surface area contributed by atoms with Crippen LogP contribution in [0.15, 0.2) is 60.0 Å². The molecule has 2 aromatic carbocycles. The second-order valence-electron chi connectivity index (χ2n) is 5.65. The maximum Gasteiger partial charge on any atom is 0.341 e. The molecule has 0 unspecified atom stereocenters. The Balaban J connectivity index is 1.79. The van der Waals surface area contributed by atoms with Crippen molar-refractivity contribution in [1.29, 1.82) is 0 Å². The Morgan fingerprint density at radius 2 is 1.85 bits per heavy atom. The average molecular weight is 401 g/mol. The van der Waals surface area contributed by atoms with Gasteiger partial charge in [-0.05, 0) is 35.5 Å². The first-order chi connectivity index (χ1) is 13.1. The van der Waals surface area contributed by atoms with E-state index in [1.54, 1.807) is 12.1 Å². The largest absolute Gasteiger partial charge is 0.465 e. The van der Waals surface area contributed by atoms with Gasteiger partial charge in [-0.25, -0.2) is 9.18 Å². The summed E-state index contributed by atoms with van der Waals surface area (Å²) in [7, 11) is 1.32. The highest BCUT2D eigenvalue weighted by Crippen LogP contribution is 2.36. The van der Waals surface area contributed by atoms with Crippen LogP contribution in [0.5, 0.6) is 0 Å². The number of carbonyl (C=O) groups is 1. The Bertz CT molecular complexity index is 940. The van der Waals surface area contributed by atoms with Gasteiger partial charge in [0.2, 0.25) is 0 Å². The summed E-state index contributed by atoms with van der Waals surface area (Å²) in [5.74, 6) is -0.817. The Morgan fingerprint density at radius 3 is 2.52 bits per heavy atom. The average Bonchev–Trinajstić information content (AvgIpc) is 3.10. The van der Waals surface area contributed by atoms with Gasteiger partial charge in [-0.2, -0.15) is 0 Å². The smallest absolute Gasteiger partial charge is 0.341 e. The molecule has 0 fully saturated rings. The van der Waals surface area contributed by atoms with E-state index in [1.807, 2.05) is 35.7 Å². The van der Waals surface area contributed by atoms with Crippen molar-refractivity contribution < 1.29 is 13.9 Å². The molecule has 1 heterocycles. The zero-order chi connectivity index (χ0) is 19.2. The van der Waals surface area contributed by atoms with E-state index < -0.39 is 5.97 Å². The molecule has 3 aromatic rings. The molecule has 0 spiro atoms. The molecule has 0 amide bonds. The number of benzene rings is 2. The molecule has 0 aliphatic carbocycles. The molecule has 0 bridgehead atoms. The quantitative estimate of drug-likeness (QED) is 0.475.